The molecule has 0 unspecified atom stereocenters. The molecule has 190 valence electrons. The number of methoxy groups -OCH3 is 1. The fraction of sp³-hybridized carbons (Fsp3) is 0.320. The van der Waals surface area contributed by atoms with Crippen molar-refractivity contribution in [1.29, 1.82) is 0 Å². The third-order valence-corrected chi connectivity index (χ3v) is 6.35. The first kappa shape index (κ1) is 24.1. The SMILES string of the molecule is COc1ccc(-c2ccc(=O)n(CCNC(=O)C3CCN(c4ccc(-n5cncn5)nn4)CC3)n2)cc1. The Hall–Kier alpha value is -4.61. The number of carbonyl (C=O) groups excluding carboxylic acids is 1. The summed E-state index contributed by atoms with van der Waals surface area (Å²) in [5.74, 6) is 2.02. The van der Waals surface area contributed by atoms with Gasteiger partial charge in [-0.25, -0.2) is 14.3 Å². The van der Waals surface area contributed by atoms with Crippen molar-refractivity contribution in [3.8, 4) is 22.8 Å². The summed E-state index contributed by atoms with van der Waals surface area (Å²) in [6, 6.07) is 14.4. The molecule has 1 N–H and O–H groups in total. The van der Waals surface area contributed by atoms with E-state index in [2.05, 4.69) is 35.6 Å². The number of hydrogen-bond acceptors (Lipinski definition) is 9. The molecule has 0 spiro atoms. The number of rotatable bonds is 8. The Morgan fingerprint density at radius 1 is 1.03 bits per heavy atom. The van der Waals surface area contributed by atoms with Gasteiger partial charge in [0.25, 0.3) is 5.56 Å². The highest BCUT2D eigenvalue weighted by Gasteiger charge is 2.25. The lowest BCUT2D eigenvalue weighted by molar-refractivity contribution is -0.125. The summed E-state index contributed by atoms with van der Waals surface area (Å²) in [5.41, 5.74) is 1.34. The minimum Gasteiger partial charge on any atom is -0.497 e. The summed E-state index contributed by atoms with van der Waals surface area (Å²) in [4.78, 5) is 31.1. The van der Waals surface area contributed by atoms with E-state index >= 15 is 0 Å². The fourth-order valence-corrected chi connectivity index (χ4v) is 4.26. The average Bonchev–Trinajstić information content (AvgIpc) is 3.49. The van der Waals surface area contributed by atoms with Gasteiger partial charge in [0.05, 0.1) is 19.3 Å². The van der Waals surface area contributed by atoms with Gasteiger partial charge in [-0.1, -0.05) is 0 Å². The maximum absolute atomic E-state index is 12.7. The minimum atomic E-state index is -0.212. The molecule has 37 heavy (non-hydrogen) atoms. The summed E-state index contributed by atoms with van der Waals surface area (Å²) < 4.78 is 8.12. The number of nitrogens with one attached hydrogen (secondary N) is 1. The van der Waals surface area contributed by atoms with E-state index in [0.717, 1.165) is 17.1 Å². The van der Waals surface area contributed by atoms with Gasteiger partial charge < -0.3 is 15.0 Å². The molecule has 0 atom stereocenters. The zero-order valence-corrected chi connectivity index (χ0v) is 20.4. The number of amides is 1. The molecule has 4 heterocycles. The van der Waals surface area contributed by atoms with Crippen LogP contribution in [-0.4, -0.2) is 67.4 Å². The van der Waals surface area contributed by atoms with E-state index in [9.17, 15) is 9.59 Å². The lowest BCUT2D eigenvalue weighted by atomic mass is 9.96. The number of piperidine rings is 1. The number of ether oxygens (including phenoxy) is 1. The van der Waals surface area contributed by atoms with Crippen molar-refractivity contribution < 1.29 is 9.53 Å². The first-order chi connectivity index (χ1) is 18.1. The van der Waals surface area contributed by atoms with E-state index in [1.54, 1.807) is 24.2 Å². The first-order valence-electron chi connectivity index (χ1n) is 12.0. The van der Waals surface area contributed by atoms with Crippen molar-refractivity contribution >= 4 is 11.7 Å². The van der Waals surface area contributed by atoms with E-state index < -0.39 is 0 Å². The lowest BCUT2D eigenvalue weighted by Crippen LogP contribution is -2.42. The quantitative estimate of drug-likeness (QED) is 0.379. The van der Waals surface area contributed by atoms with Crippen molar-refractivity contribution in [2.75, 3.05) is 31.6 Å². The third kappa shape index (κ3) is 5.63. The maximum atomic E-state index is 12.7. The Morgan fingerprint density at radius 2 is 1.78 bits per heavy atom. The van der Waals surface area contributed by atoms with Gasteiger partial charge >= 0.3 is 0 Å². The molecule has 1 aliphatic heterocycles. The summed E-state index contributed by atoms with van der Waals surface area (Å²) in [6.45, 7) is 2.04. The Morgan fingerprint density at radius 3 is 2.46 bits per heavy atom. The second-order valence-electron chi connectivity index (χ2n) is 8.65. The number of aromatic nitrogens is 7. The highest BCUT2D eigenvalue weighted by molar-refractivity contribution is 5.78. The van der Waals surface area contributed by atoms with Crippen molar-refractivity contribution in [3.63, 3.8) is 0 Å². The molecule has 0 bridgehead atoms. The van der Waals surface area contributed by atoms with Crippen molar-refractivity contribution in [2.24, 2.45) is 5.92 Å². The number of anilines is 1. The monoisotopic (exact) mass is 501 g/mol. The number of hydrogen-bond donors (Lipinski definition) is 1. The van der Waals surface area contributed by atoms with Crippen LogP contribution in [0.15, 0.2) is 66.0 Å². The van der Waals surface area contributed by atoms with Crippen molar-refractivity contribution in [3.05, 3.63) is 71.5 Å². The highest BCUT2D eigenvalue weighted by Crippen LogP contribution is 2.22. The van der Waals surface area contributed by atoms with E-state index in [4.69, 9.17) is 4.74 Å². The van der Waals surface area contributed by atoms with Crippen LogP contribution in [0, 0.1) is 5.92 Å². The Kier molecular flexibility index (Phi) is 7.15. The predicted octanol–water partition coefficient (Wildman–Crippen LogP) is 1.32. The third-order valence-electron chi connectivity index (χ3n) is 6.35. The van der Waals surface area contributed by atoms with Crippen LogP contribution in [-0.2, 0) is 11.3 Å². The molecule has 1 fully saturated rings. The predicted molar refractivity (Wildman–Crippen MR) is 135 cm³/mol. The van der Waals surface area contributed by atoms with Crippen molar-refractivity contribution in [2.45, 2.75) is 19.4 Å². The van der Waals surface area contributed by atoms with Gasteiger partial charge in [-0.3, -0.25) is 9.59 Å². The molecule has 1 aromatic carbocycles. The molecule has 0 aliphatic carbocycles. The van der Waals surface area contributed by atoms with Crippen LogP contribution in [0.4, 0.5) is 5.82 Å². The van der Waals surface area contributed by atoms with E-state index in [0.29, 0.717) is 50.5 Å². The summed E-state index contributed by atoms with van der Waals surface area (Å²) in [7, 11) is 1.61. The zero-order chi connectivity index (χ0) is 25.6. The van der Waals surface area contributed by atoms with Crippen LogP contribution >= 0.6 is 0 Å². The van der Waals surface area contributed by atoms with E-state index in [1.165, 1.54) is 17.1 Å². The largest absolute Gasteiger partial charge is 0.497 e. The van der Waals surface area contributed by atoms with Gasteiger partial charge in [0.1, 0.15) is 18.4 Å². The van der Waals surface area contributed by atoms with Gasteiger partial charge in [0.2, 0.25) is 5.91 Å². The Labute approximate surface area is 212 Å². The summed E-state index contributed by atoms with van der Waals surface area (Å²) >= 11 is 0. The number of benzene rings is 1. The summed E-state index contributed by atoms with van der Waals surface area (Å²) in [6.07, 6.45) is 4.44. The molecule has 1 amide bonds. The molecule has 0 radical (unpaired) electrons. The molecule has 4 aromatic rings. The fourth-order valence-electron chi connectivity index (χ4n) is 4.26. The molecule has 1 saturated heterocycles. The number of nitrogens with zero attached hydrogens (tertiary/aromatic N) is 8. The van der Waals surface area contributed by atoms with Gasteiger partial charge in [-0.05, 0) is 55.3 Å². The molecular weight excluding hydrogens is 474 g/mol. The molecule has 12 heteroatoms. The lowest BCUT2D eigenvalue weighted by Gasteiger charge is -2.31. The van der Waals surface area contributed by atoms with Crippen LogP contribution in [0.3, 0.4) is 0 Å². The average molecular weight is 502 g/mol. The Bertz CT molecular complexity index is 1380. The van der Waals surface area contributed by atoms with Crippen LogP contribution < -0.4 is 20.5 Å². The van der Waals surface area contributed by atoms with Crippen LogP contribution in [0.25, 0.3) is 17.1 Å². The van der Waals surface area contributed by atoms with Gasteiger partial charge in [-0.15, -0.1) is 10.2 Å². The van der Waals surface area contributed by atoms with E-state index in [1.807, 2.05) is 36.4 Å². The smallest absolute Gasteiger partial charge is 0.266 e. The second-order valence-corrected chi connectivity index (χ2v) is 8.65. The van der Waals surface area contributed by atoms with Crippen LogP contribution in [0.5, 0.6) is 5.75 Å². The molecule has 1 aliphatic rings. The molecule has 12 nitrogen and oxygen atoms in total. The van der Waals surface area contributed by atoms with Crippen LogP contribution in [0.2, 0.25) is 0 Å². The zero-order valence-electron chi connectivity index (χ0n) is 20.4. The molecular formula is C25H27N9O3. The van der Waals surface area contributed by atoms with Crippen molar-refractivity contribution in [1.82, 2.24) is 40.1 Å². The molecule has 3 aromatic heterocycles. The highest BCUT2D eigenvalue weighted by atomic mass is 16.5. The van der Waals surface area contributed by atoms with E-state index in [-0.39, 0.29) is 17.4 Å². The Balaban J connectivity index is 1.11. The van der Waals surface area contributed by atoms with Gasteiger partial charge in [0.15, 0.2) is 11.6 Å². The topological polar surface area (TPSA) is 133 Å². The standard InChI is InChI=1S/C25H27N9O3/c1-37-20-4-2-18(3-5-20)21-6-9-24(35)33(31-21)15-12-27-25(36)19-10-13-32(14-11-19)22-7-8-23(30-29-22)34-17-26-16-28-34/h2-9,16-17,19H,10-15H2,1H3,(H,27,36). The van der Waals surface area contributed by atoms with Gasteiger partial charge in [-0.2, -0.15) is 10.2 Å². The molecule has 0 saturated carbocycles. The first-order valence-corrected chi connectivity index (χ1v) is 12.0. The summed E-state index contributed by atoms with van der Waals surface area (Å²) in [5, 5.41) is 20.0. The minimum absolute atomic E-state index is 0.00776. The second kappa shape index (κ2) is 11.0. The number of carbonyl (C=O) groups is 1. The normalized spacial score (nSPS) is 13.9. The molecule has 5 rings (SSSR count). The van der Waals surface area contributed by atoms with Crippen LogP contribution in [0.1, 0.15) is 12.8 Å². The maximum Gasteiger partial charge on any atom is 0.266 e. The van der Waals surface area contributed by atoms with Gasteiger partial charge in [0, 0.05) is 37.2 Å².